The lowest BCUT2D eigenvalue weighted by atomic mass is 9.99. The predicted octanol–water partition coefficient (Wildman–Crippen LogP) is 5.12. The first kappa shape index (κ1) is 18.7. The van der Waals surface area contributed by atoms with Crippen molar-refractivity contribution in [2.24, 2.45) is 0 Å². The van der Waals surface area contributed by atoms with Gasteiger partial charge in [0.25, 0.3) is 0 Å². The molecule has 3 aromatic rings. The van der Waals surface area contributed by atoms with E-state index in [0.717, 1.165) is 53.8 Å². The van der Waals surface area contributed by atoms with E-state index in [9.17, 15) is 0 Å². The second-order valence-corrected chi connectivity index (χ2v) is 7.65. The second kappa shape index (κ2) is 8.59. The first-order valence-corrected chi connectivity index (χ1v) is 10.3. The van der Waals surface area contributed by atoms with Crippen molar-refractivity contribution < 1.29 is 9.47 Å². The molecular weight excluding hydrogens is 368 g/mol. The lowest BCUT2D eigenvalue weighted by Gasteiger charge is -2.25. The first-order chi connectivity index (χ1) is 13.8. The van der Waals surface area contributed by atoms with E-state index in [4.69, 9.17) is 14.5 Å². The monoisotopic (exact) mass is 392 g/mol. The summed E-state index contributed by atoms with van der Waals surface area (Å²) < 4.78 is 10.7. The summed E-state index contributed by atoms with van der Waals surface area (Å²) in [5, 5.41) is 3.16. The van der Waals surface area contributed by atoms with Gasteiger partial charge in [-0.2, -0.15) is 0 Å². The Labute approximate surface area is 170 Å². The fourth-order valence-electron chi connectivity index (χ4n) is 3.48. The van der Waals surface area contributed by atoms with E-state index in [-0.39, 0.29) is 0 Å². The minimum atomic E-state index is 0.728. The van der Waals surface area contributed by atoms with Crippen LogP contribution in [0.15, 0.2) is 60.0 Å². The molecule has 0 radical (unpaired) electrons. The number of aromatic nitrogens is 1. The van der Waals surface area contributed by atoms with Crippen LogP contribution in [0.5, 0.6) is 11.5 Å². The Hall–Kier alpha value is -2.63. The fraction of sp³-hybridized carbons (Fsp3) is 0.261. The molecule has 4 rings (SSSR count). The minimum Gasteiger partial charge on any atom is -0.493 e. The molecule has 0 saturated carbocycles. The lowest BCUT2D eigenvalue weighted by Crippen LogP contribution is -2.28. The quantitative estimate of drug-likeness (QED) is 0.583. The molecule has 0 aliphatic carbocycles. The third-order valence-electron chi connectivity index (χ3n) is 5.01. The van der Waals surface area contributed by atoms with E-state index in [1.807, 2.05) is 18.2 Å². The van der Waals surface area contributed by atoms with Crippen LogP contribution < -0.4 is 9.47 Å². The number of benzene rings is 2. The SMILES string of the molecule is COc1ccc(-c2nc(CN3CC=C(c4ccccc4)CC3)cs2)cc1OC. The van der Waals surface area contributed by atoms with Gasteiger partial charge in [0.05, 0.1) is 19.9 Å². The van der Waals surface area contributed by atoms with Gasteiger partial charge in [0.2, 0.25) is 0 Å². The Morgan fingerprint density at radius 3 is 2.54 bits per heavy atom. The van der Waals surface area contributed by atoms with Gasteiger partial charge in [0, 0.05) is 30.6 Å². The molecule has 144 valence electrons. The molecule has 0 fully saturated rings. The summed E-state index contributed by atoms with van der Waals surface area (Å²) in [7, 11) is 3.30. The maximum atomic E-state index is 5.41. The summed E-state index contributed by atoms with van der Waals surface area (Å²) in [6.07, 6.45) is 3.43. The van der Waals surface area contributed by atoms with Crippen molar-refractivity contribution in [3.63, 3.8) is 0 Å². The molecule has 2 aromatic carbocycles. The molecule has 1 aromatic heterocycles. The Morgan fingerprint density at radius 1 is 1.00 bits per heavy atom. The van der Waals surface area contributed by atoms with Gasteiger partial charge in [0.1, 0.15) is 5.01 Å². The van der Waals surface area contributed by atoms with Crippen LogP contribution in [0.4, 0.5) is 0 Å². The zero-order valence-corrected chi connectivity index (χ0v) is 17.0. The zero-order valence-electron chi connectivity index (χ0n) is 16.2. The molecule has 0 unspecified atom stereocenters. The van der Waals surface area contributed by atoms with Crippen LogP contribution in [0.3, 0.4) is 0 Å². The van der Waals surface area contributed by atoms with E-state index in [1.54, 1.807) is 25.6 Å². The van der Waals surface area contributed by atoms with Crippen molar-refractivity contribution in [1.82, 2.24) is 9.88 Å². The van der Waals surface area contributed by atoms with Gasteiger partial charge in [-0.25, -0.2) is 4.98 Å². The highest BCUT2D eigenvalue weighted by molar-refractivity contribution is 7.13. The highest BCUT2D eigenvalue weighted by Gasteiger charge is 2.15. The van der Waals surface area contributed by atoms with Gasteiger partial charge < -0.3 is 9.47 Å². The number of rotatable bonds is 6. The van der Waals surface area contributed by atoms with E-state index in [1.165, 1.54) is 11.1 Å². The van der Waals surface area contributed by atoms with Gasteiger partial charge in [-0.05, 0) is 35.8 Å². The number of hydrogen-bond acceptors (Lipinski definition) is 5. The number of nitrogens with zero attached hydrogens (tertiary/aromatic N) is 2. The van der Waals surface area contributed by atoms with Gasteiger partial charge in [0.15, 0.2) is 11.5 Å². The number of hydrogen-bond donors (Lipinski definition) is 0. The van der Waals surface area contributed by atoms with Crippen molar-refractivity contribution in [3.05, 3.63) is 71.2 Å². The summed E-state index contributed by atoms with van der Waals surface area (Å²) in [6, 6.07) is 16.6. The molecule has 0 bridgehead atoms. The van der Waals surface area contributed by atoms with Crippen molar-refractivity contribution in [2.45, 2.75) is 13.0 Å². The van der Waals surface area contributed by atoms with Crippen LogP contribution in [0.2, 0.25) is 0 Å². The van der Waals surface area contributed by atoms with Crippen molar-refractivity contribution in [3.8, 4) is 22.1 Å². The van der Waals surface area contributed by atoms with Crippen LogP contribution in [0.25, 0.3) is 16.1 Å². The first-order valence-electron chi connectivity index (χ1n) is 9.40. The van der Waals surface area contributed by atoms with Gasteiger partial charge in [-0.1, -0.05) is 36.4 Å². The Bertz CT molecular complexity index is 966. The topological polar surface area (TPSA) is 34.6 Å². The van der Waals surface area contributed by atoms with Crippen LogP contribution in [0, 0.1) is 0 Å². The van der Waals surface area contributed by atoms with Gasteiger partial charge in [-0.15, -0.1) is 11.3 Å². The number of methoxy groups -OCH3 is 2. The van der Waals surface area contributed by atoms with E-state index >= 15 is 0 Å². The molecule has 1 aliphatic rings. The molecule has 28 heavy (non-hydrogen) atoms. The van der Waals surface area contributed by atoms with Crippen molar-refractivity contribution >= 4 is 16.9 Å². The van der Waals surface area contributed by atoms with E-state index in [2.05, 4.69) is 46.7 Å². The van der Waals surface area contributed by atoms with Crippen LogP contribution >= 0.6 is 11.3 Å². The molecule has 0 N–H and O–H groups in total. The maximum absolute atomic E-state index is 5.41. The highest BCUT2D eigenvalue weighted by Crippen LogP contribution is 2.33. The predicted molar refractivity (Wildman–Crippen MR) is 115 cm³/mol. The lowest BCUT2D eigenvalue weighted by molar-refractivity contribution is 0.291. The third-order valence-corrected chi connectivity index (χ3v) is 5.95. The Kier molecular flexibility index (Phi) is 5.74. The maximum Gasteiger partial charge on any atom is 0.161 e. The highest BCUT2D eigenvalue weighted by atomic mass is 32.1. The van der Waals surface area contributed by atoms with Crippen LogP contribution in [-0.2, 0) is 6.54 Å². The summed E-state index contributed by atoms with van der Waals surface area (Å²) in [5.41, 5.74) is 4.96. The third kappa shape index (κ3) is 4.11. The van der Waals surface area contributed by atoms with Crippen molar-refractivity contribution in [1.29, 1.82) is 0 Å². The van der Waals surface area contributed by atoms with Gasteiger partial charge >= 0.3 is 0 Å². The zero-order chi connectivity index (χ0) is 19.3. The Morgan fingerprint density at radius 2 is 1.82 bits per heavy atom. The number of ether oxygens (including phenoxy) is 2. The molecule has 5 heteroatoms. The largest absolute Gasteiger partial charge is 0.493 e. The van der Waals surface area contributed by atoms with Crippen LogP contribution in [0.1, 0.15) is 17.7 Å². The summed E-state index contributed by atoms with van der Waals surface area (Å²) >= 11 is 1.67. The standard InChI is InChI=1S/C23H24N2O2S/c1-26-21-9-8-19(14-22(21)27-2)23-24-20(16-28-23)15-25-12-10-18(11-13-25)17-6-4-3-5-7-17/h3-10,14,16H,11-13,15H2,1-2H3. The van der Waals surface area contributed by atoms with Gasteiger partial charge in [-0.3, -0.25) is 4.90 Å². The average molecular weight is 393 g/mol. The van der Waals surface area contributed by atoms with Crippen molar-refractivity contribution in [2.75, 3.05) is 27.3 Å². The fourth-order valence-corrected chi connectivity index (χ4v) is 4.29. The molecule has 4 nitrogen and oxygen atoms in total. The summed E-state index contributed by atoms with van der Waals surface area (Å²) in [5.74, 6) is 1.46. The smallest absolute Gasteiger partial charge is 0.161 e. The summed E-state index contributed by atoms with van der Waals surface area (Å²) in [6.45, 7) is 2.90. The molecule has 0 atom stereocenters. The average Bonchev–Trinajstić information content (AvgIpc) is 3.23. The molecule has 0 amide bonds. The van der Waals surface area contributed by atoms with E-state index in [0.29, 0.717) is 0 Å². The number of thiazole rings is 1. The molecular formula is C23H24N2O2S. The molecule has 2 heterocycles. The van der Waals surface area contributed by atoms with E-state index < -0.39 is 0 Å². The van der Waals surface area contributed by atoms with Crippen LogP contribution in [-0.4, -0.2) is 37.2 Å². The Balaban J connectivity index is 1.43. The molecule has 0 spiro atoms. The molecule has 1 aliphatic heterocycles. The normalized spacial score (nSPS) is 14.6. The minimum absolute atomic E-state index is 0.728. The summed E-state index contributed by atoms with van der Waals surface area (Å²) in [4.78, 5) is 7.29. The second-order valence-electron chi connectivity index (χ2n) is 6.79. The molecule has 0 saturated heterocycles.